The van der Waals surface area contributed by atoms with Gasteiger partial charge >= 0.3 is 0 Å². The van der Waals surface area contributed by atoms with Gasteiger partial charge in [0, 0.05) is 24.1 Å². The minimum Gasteiger partial charge on any atom is -0.384 e. The van der Waals surface area contributed by atoms with Gasteiger partial charge in [-0.25, -0.2) is 0 Å². The summed E-state index contributed by atoms with van der Waals surface area (Å²) >= 11 is 0. The molecule has 0 amide bonds. The van der Waals surface area contributed by atoms with Crippen LogP contribution in [-0.4, -0.2) is 6.04 Å². The van der Waals surface area contributed by atoms with Crippen LogP contribution in [0.25, 0.3) is 0 Å². The van der Waals surface area contributed by atoms with E-state index in [9.17, 15) is 0 Å². The molecule has 0 bridgehead atoms. The highest BCUT2D eigenvalue weighted by Crippen LogP contribution is 2.43. The van der Waals surface area contributed by atoms with Crippen LogP contribution in [0.1, 0.15) is 134 Å². The van der Waals surface area contributed by atoms with E-state index < -0.39 is 0 Å². The van der Waals surface area contributed by atoms with Gasteiger partial charge in [-0.05, 0) is 123 Å². The van der Waals surface area contributed by atoms with E-state index in [2.05, 4.69) is 183 Å². The van der Waals surface area contributed by atoms with Crippen LogP contribution in [0.5, 0.6) is 0 Å². The standard InChI is InChI=1S/C52H71N.2C2H6/c1-10-23-46-35-43(30-32-44(46)12-3)31-33-47(52(9)34-22-16-17-25-39(6)48(14-5)45(13-4)37-52)38-53-41(8)50(24-11-2)51(36-42-27-18-15-19-28-42)49-29-21-20-26-40(49)7;2*1-2/h10-11,13,17-18,20-21,23-27,29-33,35-36,38-41,44,46,49,51,53H,2,4,12,14-16,19,22,28,34,37H2,1,3,5-9H3;2*1-2H3/b23-10-,25-17-,33-31-,42-36-,47-38+,48-45-,50-24+;;. The molecule has 57 heavy (non-hydrogen) atoms. The van der Waals surface area contributed by atoms with Crippen molar-refractivity contribution in [1.82, 2.24) is 5.32 Å². The smallest absolute Gasteiger partial charge is 0.0449 e. The van der Waals surface area contributed by atoms with Crippen molar-refractivity contribution in [3.05, 3.63) is 168 Å². The fourth-order valence-electron chi connectivity index (χ4n) is 8.97. The first-order valence-electron chi connectivity index (χ1n) is 22.9. The average molecular weight is 770 g/mol. The van der Waals surface area contributed by atoms with Gasteiger partial charge in [-0.2, -0.15) is 0 Å². The molecule has 0 aromatic heterocycles. The first-order valence-corrected chi connectivity index (χ1v) is 22.9. The summed E-state index contributed by atoms with van der Waals surface area (Å²) in [5, 5.41) is 4.00. The van der Waals surface area contributed by atoms with Gasteiger partial charge in [0.05, 0.1) is 0 Å². The molecule has 1 N–H and O–H groups in total. The zero-order valence-corrected chi connectivity index (χ0v) is 38.4. The minimum atomic E-state index is -0.0757. The average Bonchev–Trinajstić information content (AvgIpc) is 3.24. The van der Waals surface area contributed by atoms with Gasteiger partial charge < -0.3 is 5.32 Å². The van der Waals surface area contributed by atoms with Gasteiger partial charge in [0.15, 0.2) is 0 Å². The van der Waals surface area contributed by atoms with Crippen molar-refractivity contribution in [2.75, 3.05) is 0 Å². The van der Waals surface area contributed by atoms with Crippen LogP contribution in [0.15, 0.2) is 168 Å². The Morgan fingerprint density at radius 1 is 0.965 bits per heavy atom. The first kappa shape index (κ1) is 49.3. The summed E-state index contributed by atoms with van der Waals surface area (Å²) in [7, 11) is 0. The largest absolute Gasteiger partial charge is 0.384 e. The summed E-state index contributed by atoms with van der Waals surface area (Å²) in [6.45, 7) is 32.9. The zero-order chi connectivity index (χ0) is 42.2. The second kappa shape index (κ2) is 27.0. The SMILES string of the molecule is C=C/C=C(\C(C)N/C=C(\C=C/C1=CC(/C=C\C)C(CC)C=C1)C1(C)CCC/C=C\C(C)/C(CC)=C(/C=C)C1)C(/C=C1/C=CCCC1)C1C=CC=CC1C.CC.CC. The minimum absolute atomic E-state index is 0.0757. The van der Waals surface area contributed by atoms with Crippen molar-refractivity contribution < 1.29 is 0 Å². The van der Waals surface area contributed by atoms with Gasteiger partial charge in [-0.1, -0.05) is 202 Å². The molecule has 4 rings (SSSR count). The summed E-state index contributed by atoms with van der Waals surface area (Å²) in [4.78, 5) is 0. The summed E-state index contributed by atoms with van der Waals surface area (Å²) < 4.78 is 0. The summed E-state index contributed by atoms with van der Waals surface area (Å²) in [5.74, 6) is 2.52. The van der Waals surface area contributed by atoms with Gasteiger partial charge in [-0.3, -0.25) is 0 Å². The molecule has 0 heterocycles. The molecular weight excluding hydrogens is 687 g/mol. The Hall–Kier alpha value is -3.84. The van der Waals surface area contributed by atoms with Crippen molar-refractivity contribution in [3.63, 3.8) is 0 Å². The van der Waals surface area contributed by atoms with Crippen LogP contribution in [-0.2, 0) is 0 Å². The predicted octanol–water partition coefficient (Wildman–Crippen LogP) is 16.6. The molecule has 0 aromatic carbocycles. The van der Waals surface area contributed by atoms with Gasteiger partial charge in [0.1, 0.15) is 0 Å². The van der Waals surface area contributed by atoms with E-state index in [0.717, 1.165) is 44.9 Å². The van der Waals surface area contributed by atoms with Crippen LogP contribution in [0.4, 0.5) is 0 Å². The van der Waals surface area contributed by atoms with Gasteiger partial charge in [0.2, 0.25) is 0 Å². The molecule has 8 atom stereocenters. The Kier molecular flexibility index (Phi) is 23.3. The molecule has 0 spiro atoms. The van der Waals surface area contributed by atoms with Crippen LogP contribution in [0, 0.1) is 40.9 Å². The maximum atomic E-state index is 4.37. The zero-order valence-electron chi connectivity index (χ0n) is 38.4. The number of nitrogens with one attached hydrogen (secondary N) is 1. The molecule has 0 saturated heterocycles. The Balaban J connectivity index is 0.00000271. The molecule has 0 fully saturated rings. The summed E-state index contributed by atoms with van der Waals surface area (Å²) in [6.07, 6.45) is 56.8. The third kappa shape index (κ3) is 14.8. The highest BCUT2D eigenvalue weighted by atomic mass is 14.9. The lowest BCUT2D eigenvalue weighted by Gasteiger charge is -2.35. The topological polar surface area (TPSA) is 12.0 Å². The van der Waals surface area contributed by atoms with Crippen molar-refractivity contribution in [2.45, 2.75) is 140 Å². The quantitative estimate of drug-likeness (QED) is 0.137. The molecule has 0 aromatic rings. The van der Waals surface area contributed by atoms with E-state index >= 15 is 0 Å². The highest BCUT2D eigenvalue weighted by Gasteiger charge is 2.32. The van der Waals surface area contributed by atoms with Crippen LogP contribution >= 0.6 is 0 Å². The normalized spacial score (nSPS) is 30.5. The summed E-state index contributed by atoms with van der Waals surface area (Å²) in [5.41, 5.74) is 8.32. The van der Waals surface area contributed by atoms with E-state index in [0.29, 0.717) is 29.6 Å². The van der Waals surface area contributed by atoms with Gasteiger partial charge in [0.25, 0.3) is 0 Å². The molecule has 0 radical (unpaired) electrons. The first-order chi connectivity index (χ1) is 27.7. The highest BCUT2D eigenvalue weighted by molar-refractivity contribution is 5.42. The number of hydrogen-bond donors (Lipinski definition) is 1. The second-order valence-corrected chi connectivity index (χ2v) is 16.1. The van der Waals surface area contributed by atoms with Crippen LogP contribution in [0.2, 0.25) is 0 Å². The Morgan fingerprint density at radius 3 is 2.33 bits per heavy atom. The fourth-order valence-corrected chi connectivity index (χ4v) is 8.97. The van der Waals surface area contributed by atoms with Crippen molar-refractivity contribution in [3.8, 4) is 0 Å². The predicted molar refractivity (Wildman–Crippen MR) is 258 cm³/mol. The number of allylic oxidation sites excluding steroid dienone is 24. The number of hydrogen-bond acceptors (Lipinski definition) is 1. The van der Waals surface area contributed by atoms with E-state index in [4.69, 9.17) is 0 Å². The number of rotatable bonds is 14. The Bertz CT molecular complexity index is 1620. The second-order valence-electron chi connectivity index (χ2n) is 16.1. The van der Waals surface area contributed by atoms with Gasteiger partial charge in [-0.15, -0.1) is 0 Å². The fraction of sp³-hybridized carbons (Fsp3) is 0.500. The Labute approximate surface area is 353 Å². The Morgan fingerprint density at radius 2 is 1.70 bits per heavy atom. The molecule has 1 nitrogen and oxygen atoms in total. The van der Waals surface area contributed by atoms with E-state index in [1.54, 1.807) is 0 Å². The third-order valence-electron chi connectivity index (χ3n) is 12.3. The van der Waals surface area contributed by atoms with E-state index in [1.807, 2.05) is 33.8 Å². The molecule has 4 aliphatic carbocycles. The van der Waals surface area contributed by atoms with E-state index in [1.165, 1.54) is 46.3 Å². The molecule has 1 heteroatoms. The monoisotopic (exact) mass is 770 g/mol. The lowest BCUT2D eigenvalue weighted by atomic mass is 9.71. The molecule has 8 unspecified atom stereocenters. The van der Waals surface area contributed by atoms with Crippen molar-refractivity contribution in [2.24, 2.45) is 40.9 Å². The molecule has 4 aliphatic rings. The van der Waals surface area contributed by atoms with Crippen molar-refractivity contribution in [1.29, 1.82) is 0 Å². The maximum absolute atomic E-state index is 4.37. The third-order valence-corrected chi connectivity index (χ3v) is 12.3. The molecule has 0 saturated carbocycles. The maximum Gasteiger partial charge on any atom is 0.0449 e. The lowest BCUT2D eigenvalue weighted by Crippen LogP contribution is -2.32. The lowest BCUT2D eigenvalue weighted by molar-refractivity contribution is 0.355. The van der Waals surface area contributed by atoms with Crippen LogP contribution in [0.3, 0.4) is 0 Å². The summed E-state index contributed by atoms with van der Waals surface area (Å²) in [6, 6.07) is 0.113. The molecular formula is C56H83N. The van der Waals surface area contributed by atoms with Crippen molar-refractivity contribution >= 4 is 0 Å². The molecule has 0 aliphatic heterocycles. The molecule has 312 valence electrons. The van der Waals surface area contributed by atoms with E-state index in [-0.39, 0.29) is 17.4 Å². The van der Waals surface area contributed by atoms with Crippen LogP contribution < -0.4 is 5.32 Å².